The SMILES string of the molecule is CN=[S@@](=O)(C[C@@]1(O)CCC[C@@]12CCCS2)c1ccccc1. The summed E-state index contributed by atoms with van der Waals surface area (Å²) in [4.78, 5) is 0.742. The van der Waals surface area contributed by atoms with Crippen molar-refractivity contribution in [2.24, 2.45) is 4.36 Å². The lowest BCUT2D eigenvalue weighted by Gasteiger charge is -2.39. The molecule has 1 aromatic carbocycles. The highest BCUT2D eigenvalue weighted by atomic mass is 32.2. The fourth-order valence-electron chi connectivity index (χ4n) is 3.80. The van der Waals surface area contributed by atoms with Crippen molar-refractivity contribution in [2.75, 3.05) is 18.6 Å². The van der Waals surface area contributed by atoms with E-state index >= 15 is 0 Å². The van der Waals surface area contributed by atoms with Gasteiger partial charge in [-0.05, 0) is 50.0 Å². The van der Waals surface area contributed by atoms with E-state index in [1.165, 1.54) is 0 Å². The van der Waals surface area contributed by atoms with Crippen LogP contribution in [0.5, 0.6) is 0 Å². The van der Waals surface area contributed by atoms with Crippen LogP contribution in [0.15, 0.2) is 39.6 Å². The quantitative estimate of drug-likeness (QED) is 0.927. The van der Waals surface area contributed by atoms with Gasteiger partial charge in [-0.25, -0.2) is 8.57 Å². The average molecular weight is 325 g/mol. The Bertz CT molecular complexity index is 611. The van der Waals surface area contributed by atoms with Crippen molar-refractivity contribution in [3.8, 4) is 0 Å². The molecule has 0 unspecified atom stereocenters. The first-order chi connectivity index (χ1) is 10.0. The van der Waals surface area contributed by atoms with Crippen LogP contribution in [-0.2, 0) is 9.73 Å². The van der Waals surface area contributed by atoms with E-state index in [2.05, 4.69) is 4.36 Å². The first-order valence-corrected chi connectivity index (χ1v) is 10.3. The van der Waals surface area contributed by atoms with Crippen LogP contribution >= 0.6 is 11.8 Å². The number of hydrogen-bond acceptors (Lipinski definition) is 4. The summed E-state index contributed by atoms with van der Waals surface area (Å²) >= 11 is 1.89. The number of hydrogen-bond donors (Lipinski definition) is 1. The summed E-state index contributed by atoms with van der Waals surface area (Å²) in [6.07, 6.45) is 5.02. The maximum absolute atomic E-state index is 13.3. The summed E-state index contributed by atoms with van der Waals surface area (Å²) in [7, 11) is -0.936. The number of aliphatic hydroxyl groups is 1. The highest BCUT2D eigenvalue weighted by molar-refractivity contribution is 8.01. The summed E-state index contributed by atoms with van der Waals surface area (Å²) in [5.74, 6) is 1.38. The second kappa shape index (κ2) is 5.60. The molecule has 1 saturated carbocycles. The van der Waals surface area contributed by atoms with Crippen molar-refractivity contribution in [2.45, 2.75) is 47.3 Å². The summed E-state index contributed by atoms with van der Waals surface area (Å²) in [6, 6.07) is 9.42. The molecular weight excluding hydrogens is 302 g/mol. The Morgan fingerprint density at radius 2 is 1.95 bits per heavy atom. The first-order valence-electron chi connectivity index (χ1n) is 7.58. The second-order valence-corrected chi connectivity index (χ2v) is 10.00. The number of benzene rings is 1. The minimum Gasteiger partial charge on any atom is -0.387 e. The Morgan fingerprint density at radius 1 is 1.24 bits per heavy atom. The number of rotatable bonds is 3. The molecule has 3 atom stereocenters. The first kappa shape index (κ1) is 15.4. The van der Waals surface area contributed by atoms with Gasteiger partial charge in [0.25, 0.3) is 0 Å². The third-order valence-electron chi connectivity index (χ3n) is 4.96. The molecule has 0 bridgehead atoms. The molecule has 1 aliphatic carbocycles. The summed E-state index contributed by atoms with van der Waals surface area (Å²) in [5, 5.41) is 11.3. The highest BCUT2D eigenvalue weighted by Crippen LogP contribution is 2.56. The predicted octanol–water partition coefficient (Wildman–Crippen LogP) is 3.32. The van der Waals surface area contributed by atoms with Crippen molar-refractivity contribution in [1.29, 1.82) is 0 Å². The van der Waals surface area contributed by atoms with Gasteiger partial charge < -0.3 is 5.11 Å². The van der Waals surface area contributed by atoms with E-state index < -0.39 is 15.3 Å². The van der Waals surface area contributed by atoms with E-state index in [4.69, 9.17) is 0 Å². The lowest BCUT2D eigenvalue weighted by atomic mass is 9.88. The van der Waals surface area contributed by atoms with Gasteiger partial charge in [0.05, 0.1) is 21.1 Å². The molecule has 0 aromatic heterocycles. The largest absolute Gasteiger partial charge is 0.387 e. The van der Waals surface area contributed by atoms with Crippen LogP contribution in [0.3, 0.4) is 0 Å². The third-order valence-corrected chi connectivity index (χ3v) is 9.26. The fourth-order valence-corrected chi connectivity index (χ4v) is 7.75. The van der Waals surface area contributed by atoms with Gasteiger partial charge in [0.15, 0.2) is 0 Å². The van der Waals surface area contributed by atoms with E-state index in [0.29, 0.717) is 0 Å². The molecule has 1 spiro atoms. The zero-order chi connectivity index (χ0) is 15.0. The monoisotopic (exact) mass is 325 g/mol. The predicted molar refractivity (Wildman–Crippen MR) is 89.3 cm³/mol. The van der Waals surface area contributed by atoms with Gasteiger partial charge in [0.1, 0.15) is 0 Å². The normalized spacial score (nSPS) is 35.0. The molecule has 1 N–H and O–H groups in total. The van der Waals surface area contributed by atoms with E-state index in [0.717, 1.165) is 42.8 Å². The summed E-state index contributed by atoms with van der Waals surface area (Å²) < 4.78 is 17.4. The Morgan fingerprint density at radius 3 is 2.57 bits per heavy atom. The topological polar surface area (TPSA) is 49.7 Å². The van der Waals surface area contributed by atoms with Gasteiger partial charge in [0.2, 0.25) is 0 Å². The molecular formula is C16H23NO2S2. The molecule has 1 aliphatic heterocycles. The maximum atomic E-state index is 13.3. The van der Waals surface area contributed by atoms with Crippen LogP contribution < -0.4 is 0 Å². The molecule has 1 aromatic rings. The number of thioether (sulfide) groups is 1. The smallest absolute Gasteiger partial charge is 0.0920 e. The molecule has 1 heterocycles. The van der Waals surface area contributed by atoms with Crippen molar-refractivity contribution < 1.29 is 9.32 Å². The van der Waals surface area contributed by atoms with Crippen LogP contribution in [-0.4, -0.2) is 38.2 Å². The molecule has 2 fully saturated rings. The van der Waals surface area contributed by atoms with E-state index in [9.17, 15) is 9.32 Å². The zero-order valence-corrected chi connectivity index (χ0v) is 14.1. The van der Waals surface area contributed by atoms with Gasteiger partial charge >= 0.3 is 0 Å². The van der Waals surface area contributed by atoms with Crippen LogP contribution in [0.25, 0.3) is 0 Å². The van der Waals surface area contributed by atoms with Gasteiger partial charge in [-0.15, -0.1) is 0 Å². The van der Waals surface area contributed by atoms with E-state index in [1.54, 1.807) is 7.05 Å². The third kappa shape index (κ3) is 2.53. The van der Waals surface area contributed by atoms with Gasteiger partial charge in [-0.1, -0.05) is 18.2 Å². The highest BCUT2D eigenvalue weighted by Gasteiger charge is 2.56. The molecule has 2 aliphatic rings. The second-order valence-electron chi connectivity index (χ2n) is 6.11. The lowest BCUT2D eigenvalue weighted by Crippen LogP contribution is -2.50. The summed E-state index contributed by atoms with van der Waals surface area (Å²) in [5.41, 5.74) is -0.847. The van der Waals surface area contributed by atoms with Crippen molar-refractivity contribution in [1.82, 2.24) is 0 Å². The minimum absolute atomic E-state index is 0.0882. The zero-order valence-electron chi connectivity index (χ0n) is 12.5. The van der Waals surface area contributed by atoms with Crippen LogP contribution in [0, 0.1) is 0 Å². The average Bonchev–Trinajstić information content (AvgIpc) is 3.09. The van der Waals surface area contributed by atoms with Gasteiger partial charge in [-0.2, -0.15) is 11.8 Å². The van der Waals surface area contributed by atoms with E-state index in [1.807, 2.05) is 42.1 Å². The van der Waals surface area contributed by atoms with Crippen LogP contribution in [0.2, 0.25) is 0 Å². The van der Waals surface area contributed by atoms with Crippen molar-refractivity contribution in [3.05, 3.63) is 30.3 Å². The molecule has 116 valence electrons. The van der Waals surface area contributed by atoms with Crippen molar-refractivity contribution in [3.63, 3.8) is 0 Å². The number of nitrogens with zero attached hydrogens (tertiary/aromatic N) is 1. The Kier molecular flexibility index (Phi) is 4.10. The van der Waals surface area contributed by atoms with Crippen LogP contribution in [0.4, 0.5) is 0 Å². The molecule has 1 saturated heterocycles. The van der Waals surface area contributed by atoms with Gasteiger partial charge in [-0.3, -0.25) is 0 Å². The van der Waals surface area contributed by atoms with Crippen molar-refractivity contribution >= 4 is 21.5 Å². The molecule has 3 rings (SSSR count). The molecule has 0 amide bonds. The molecule has 3 nitrogen and oxygen atoms in total. The van der Waals surface area contributed by atoms with Crippen LogP contribution in [0.1, 0.15) is 32.1 Å². The Labute approximate surface area is 131 Å². The standard InChI is InChI=1S/C16H23NO2S2/c1-17-21(19,14-7-3-2-4-8-14)13-15(18)9-5-10-16(15)11-6-12-20-16/h2-4,7-8,18H,5-6,9-13H2,1H3/t15-,16+,21+/m0/s1. The molecule has 5 heteroatoms. The van der Waals surface area contributed by atoms with Gasteiger partial charge in [0, 0.05) is 16.7 Å². The molecule has 21 heavy (non-hydrogen) atoms. The van der Waals surface area contributed by atoms with E-state index in [-0.39, 0.29) is 10.5 Å². The summed E-state index contributed by atoms with van der Waals surface area (Å²) in [6.45, 7) is 0. The minimum atomic E-state index is -2.55. The fraction of sp³-hybridized carbons (Fsp3) is 0.625. The molecule has 0 radical (unpaired) electrons. The maximum Gasteiger partial charge on any atom is 0.0920 e. The lowest BCUT2D eigenvalue weighted by molar-refractivity contribution is 0.0407. The Hall–Kier alpha value is -0.520. The Balaban J connectivity index is 1.96.